The average molecular weight is 340 g/mol. The highest BCUT2D eigenvalue weighted by Crippen LogP contribution is 2.32. The molecule has 2 heterocycles. The molecule has 0 aliphatic carbocycles. The highest BCUT2D eigenvalue weighted by molar-refractivity contribution is 5.85. The zero-order chi connectivity index (χ0) is 17.6. The summed E-state index contributed by atoms with van der Waals surface area (Å²) >= 11 is 0. The third-order valence-corrected chi connectivity index (χ3v) is 3.84. The molecule has 7 heteroatoms. The van der Waals surface area contributed by atoms with E-state index >= 15 is 0 Å². The lowest BCUT2D eigenvalue weighted by molar-refractivity contribution is 0.447. The molecule has 4 nitrogen and oxygen atoms in total. The van der Waals surface area contributed by atoms with E-state index < -0.39 is 17.5 Å². The van der Waals surface area contributed by atoms with Crippen LogP contribution in [0.5, 0.6) is 0 Å². The average Bonchev–Trinajstić information content (AvgIpc) is 3.00. The van der Waals surface area contributed by atoms with Crippen LogP contribution in [0.2, 0.25) is 0 Å². The summed E-state index contributed by atoms with van der Waals surface area (Å²) in [4.78, 5) is 15.8. The van der Waals surface area contributed by atoms with Crippen LogP contribution in [0.15, 0.2) is 42.7 Å². The highest BCUT2D eigenvalue weighted by Gasteiger charge is 2.18. The number of aromatic nitrogens is 4. The number of nitrogens with one attached hydrogen (secondary N) is 1. The first-order valence-corrected chi connectivity index (χ1v) is 7.45. The quantitative estimate of drug-likeness (QED) is 0.550. The third-order valence-electron chi connectivity index (χ3n) is 3.84. The molecule has 4 rings (SSSR count). The molecule has 0 bridgehead atoms. The van der Waals surface area contributed by atoms with Crippen molar-refractivity contribution in [3.63, 3.8) is 0 Å². The van der Waals surface area contributed by atoms with Crippen molar-refractivity contribution < 1.29 is 13.2 Å². The normalized spacial score (nSPS) is 11.2. The number of benzene rings is 2. The van der Waals surface area contributed by atoms with Gasteiger partial charge in [0, 0.05) is 23.5 Å². The Labute approximate surface area is 140 Å². The van der Waals surface area contributed by atoms with Crippen molar-refractivity contribution in [2.24, 2.45) is 0 Å². The molecule has 0 aliphatic rings. The fourth-order valence-corrected chi connectivity index (χ4v) is 2.72. The van der Waals surface area contributed by atoms with Crippen LogP contribution in [0.3, 0.4) is 0 Å². The number of hydrogen-bond donors (Lipinski definition) is 1. The molecule has 0 amide bonds. The Morgan fingerprint density at radius 3 is 2.24 bits per heavy atom. The molecule has 0 atom stereocenters. The van der Waals surface area contributed by atoms with E-state index in [9.17, 15) is 13.2 Å². The Bertz CT molecular complexity index is 1080. The van der Waals surface area contributed by atoms with Gasteiger partial charge in [0.2, 0.25) is 0 Å². The lowest BCUT2D eigenvalue weighted by atomic mass is 10.0. The number of hydrogen-bond acceptors (Lipinski definition) is 3. The number of nitrogens with zero attached hydrogens (tertiary/aromatic N) is 3. The number of imidazole rings is 1. The second-order valence-electron chi connectivity index (χ2n) is 5.56. The predicted molar refractivity (Wildman–Crippen MR) is 87.2 cm³/mol. The third kappa shape index (κ3) is 2.63. The van der Waals surface area contributed by atoms with E-state index in [1.165, 1.54) is 0 Å². The molecule has 0 saturated heterocycles. The predicted octanol–water partition coefficient (Wildman–Crippen LogP) is 4.41. The van der Waals surface area contributed by atoms with Gasteiger partial charge in [-0.1, -0.05) is 6.07 Å². The Morgan fingerprint density at radius 1 is 0.840 bits per heavy atom. The molecular formula is C18H11F3N4. The molecule has 0 saturated carbocycles. The summed E-state index contributed by atoms with van der Waals surface area (Å²) in [5.74, 6) is -3.45. The van der Waals surface area contributed by atoms with Crippen molar-refractivity contribution in [2.45, 2.75) is 6.92 Å². The van der Waals surface area contributed by atoms with Gasteiger partial charge in [-0.3, -0.25) is 9.97 Å². The van der Waals surface area contributed by atoms with Gasteiger partial charge in [0.05, 0.1) is 22.4 Å². The van der Waals surface area contributed by atoms with Crippen LogP contribution in [0.1, 0.15) is 5.82 Å². The Kier molecular flexibility index (Phi) is 3.49. The van der Waals surface area contributed by atoms with Gasteiger partial charge in [-0.2, -0.15) is 0 Å². The largest absolute Gasteiger partial charge is 0.342 e. The smallest absolute Gasteiger partial charge is 0.194 e. The van der Waals surface area contributed by atoms with Crippen molar-refractivity contribution in [1.29, 1.82) is 0 Å². The molecule has 0 fully saturated rings. The van der Waals surface area contributed by atoms with Gasteiger partial charge in [-0.25, -0.2) is 18.2 Å². The van der Waals surface area contributed by atoms with Gasteiger partial charge < -0.3 is 4.98 Å². The zero-order valence-corrected chi connectivity index (χ0v) is 13.0. The number of H-pyrrole nitrogens is 1. The fourth-order valence-electron chi connectivity index (χ4n) is 2.72. The van der Waals surface area contributed by atoms with Crippen LogP contribution in [-0.2, 0) is 0 Å². The van der Waals surface area contributed by atoms with E-state index in [2.05, 4.69) is 19.9 Å². The van der Waals surface area contributed by atoms with E-state index in [1.807, 2.05) is 6.07 Å². The maximum absolute atomic E-state index is 13.6. The molecule has 1 N–H and O–H groups in total. The SMILES string of the molecule is Cc1nc(-c2cc(F)c(F)c(F)c2)c(-c2ccc3nccnc3c2)[nH]1. The fraction of sp³-hybridized carbons (Fsp3) is 0.0556. The number of halogens is 3. The lowest BCUT2D eigenvalue weighted by Crippen LogP contribution is -1.93. The van der Waals surface area contributed by atoms with Crippen molar-refractivity contribution >= 4 is 11.0 Å². The standard InChI is InChI=1S/C18H11F3N4/c1-9-24-17(10-2-3-14-15(8-10)23-5-4-22-14)18(25-9)11-6-12(19)16(21)13(20)7-11/h2-8H,1H3,(H,24,25). The van der Waals surface area contributed by atoms with Crippen LogP contribution in [0, 0.1) is 24.4 Å². The first-order valence-electron chi connectivity index (χ1n) is 7.45. The number of rotatable bonds is 2. The summed E-state index contributed by atoms with van der Waals surface area (Å²) in [7, 11) is 0. The summed E-state index contributed by atoms with van der Waals surface area (Å²) in [5.41, 5.74) is 3.18. The van der Waals surface area contributed by atoms with Gasteiger partial charge in [0.1, 0.15) is 5.82 Å². The summed E-state index contributed by atoms with van der Waals surface area (Å²) in [6.45, 7) is 1.73. The maximum atomic E-state index is 13.6. The Hall–Kier alpha value is -3.22. The lowest BCUT2D eigenvalue weighted by Gasteiger charge is -2.06. The van der Waals surface area contributed by atoms with Crippen LogP contribution >= 0.6 is 0 Å². The molecule has 4 aromatic rings. The number of aryl methyl sites for hydroxylation is 1. The van der Waals surface area contributed by atoms with E-state index in [0.29, 0.717) is 22.7 Å². The minimum Gasteiger partial charge on any atom is -0.342 e. The first kappa shape index (κ1) is 15.3. The van der Waals surface area contributed by atoms with Crippen LogP contribution in [0.25, 0.3) is 33.5 Å². The summed E-state index contributed by atoms with van der Waals surface area (Å²) < 4.78 is 40.4. The minimum atomic E-state index is -1.50. The van der Waals surface area contributed by atoms with Crippen LogP contribution in [0.4, 0.5) is 13.2 Å². The molecule has 124 valence electrons. The summed E-state index contributed by atoms with van der Waals surface area (Å²) in [6.07, 6.45) is 3.17. The molecule has 2 aromatic carbocycles. The van der Waals surface area contributed by atoms with Gasteiger partial charge in [0.25, 0.3) is 0 Å². The summed E-state index contributed by atoms with van der Waals surface area (Å²) in [6, 6.07) is 7.26. The Balaban J connectivity index is 1.91. The number of fused-ring (bicyclic) bond motifs is 1. The van der Waals surface area contributed by atoms with E-state index in [4.69, 9.17) is 0 Å². The minimum absolute atomic E-state index is 0.148. The molecule has 0 unspecified atom stereocenters. The highest BCUT2D eigenvalue weighted by atomic mass is 19.2. The maximum Gasteiger partial charge on any atom is 0.194 e. The van der Waals surface area contributed by atoms with Crippen LogP contribution < -0.4 is 0 Å². The van der Waals surface area contributed by atoms with Crippen molar-refractivity contribution in [2.75, 3.05) is 0 Å². The second-order valence-corrected chi connectivity index (χ2v) is 5.56. The number of aromatic amines is 1. The monoisotopic (exact) mass is 340 g/mol. The molecule has 0 radical (unpaired) electrons. The molecule has 25 heavy (non-hydrogen) atoms. The molecular weight excluding hydrogens is 329 g/mol. The van der Waals surface area contributed by atoms with Crippen molar-refractivity contribution in [3.8, 4) is 22.5 Å². The van der Waals surface area contributed by atoms with Gasteiger partial charge in [0.15, 0.2) is 17.5 Å². The first-order chi connectivity index (χ1) is 12.0. The second kappa shape index (κ2) is 5.70. The molecule has 0 aliphatic heterocycles. The summed E-state index contributed by atoms with van der Waals surface area (Å²) in [5, 5.41) is 0. The van der Waals surface area contributed by atoms with Crippen LogP contribution in [-0.4, -0.2) is 19.9 Å². The zero-order valence-electron chi connectivity index (χ0n) is 13.0. The van der Waals surface area contributed by atoms with Gasteiger partial charge in [-0.15, -0.1) is 0 Å². The molecule has 2 aromatic heterocycles. The van der Waals surface area contributed by atoms with Crippen molar-refractivity contribution in [3.05, 3.63) is 66.0 Å². The van der Waals surface area contributed by atoms with Crippen molar-refractivity contribution in [1.82, 2.24) is 19.9 Å². The van der Waals surface area contributed by atoms with Gasteiger partial charge in [-0.05, 0) is 31.2 Å². The van der Waals surface area contributed by atoms with E-state index in [1.54, 1.807) is 31.5 Å². The van der Waals surface area contributed by atoms with E-state index in [0.717, 1.165) is 23.2 Å². The van der Waals surface area contributed by atoms with E-state index in [-0.39, 0.29) is 5.56 Å². The molecule has 0 spiro atoms. The Morgan fingerprint density at radius 2 is 1.52 bits per heavy atom. The topological polar surface area (TPSA) is 54.5 Å². The van der Waals surface area contributed by atoms with Gasteiger partial charge >= 0.3 is 0 Å².